The second-order valence-electron chi connectivity index (χ2n) is 9.24. The Labute approximate surface area is 214 Å². The first kappa shape index (κ1) is 27.7. The predicted octanol–water partition coefficient (Wildman–Crippen LogP) is 0.718. The fraction of sp³-hybridized carbons (Fsp3) is 0.423. The van der Waals surface area contributed by atoms with E-state index in [1.807, 2.05) is 6.92 Å². The van der Waals surface area contributed by atoms with Crippen LogP contribution in [0.3, 0.4) is 0 Å². The average molecular weight is 514 g/mol. The second kappa shape index (κ2) is 12.4. The van der Waals surface area contributed by atoms with E-state index in [0.717, 1.165) is 22.2 Å². The van der Waals surface area contributed by atoms with E-state index in [9.17, 15) is 28.7 Å². The van der Waals surface area contributed by atoms with E-state index in [2.05, 4.69) is 20.9 Å². The Bertz CT molecular complexity index is 1170. The number of pyridine rings is 1. The van der Waals surface area contributed by atoms with Crippen molar-refractivity contribution >= 4 is 23.6 Å². The highest BCUT2D eigenvalue weighted by Crippen LogP contribution is 2.15. The van der Waals surface area contributed by atoms with Crippen LogP contribution in [0.15, 0.2) is 36.7 Å². The monoisotopic (exact) mass is 513 g/mol. The maximum absolute atomic E-state index is 14.3. The quantitative estimate of drug-likeness (QED) is 0.467. The molecule has 2 bridgehead atoms. The van der Waals surface area contributed by atoms with Gasteiger partial charge in [0.2, 0.25) is 11.8 Å². The zero-order valence-corrected chi connectivity index (χ0v) is 21.1. The maximum atomic E-state index is 14.3. The van der Waals surface area contributed by atoms with E-state index < -0.39 is 47.6 Å². The standard InChI is InChI=1S/C26H32FN5O5/c1-15-6-7-19-11-18(15)5-4-9-29-22(34)14-32(26(37)20-8-10-28-12-21(20)27)13-16(2)30-25(36)23(17(3)33)31-24(19)35/h6-8,10-12,16-17,23,33H,4-5,9,13-14H2,1-3H3,(H,29,34)(H,30,36)(H,31,35)/t16-,17-,23+/m1/s1. The van der Waals surface area contributed by atoms with E-state index in [0.29, 0.717) is 24.9 Å². The van der Waals surface area contributed by atoms with Crippen LogP contribution >= 0.6 is 0 Å². The van der Waals surface area contributed by atoms with Crippen LogP contribution in [-0.4, -0.2) is 76.4 Å². The van der Waals surface area contributed by atoms with Gasteiger partial charge in [0.15, 0.2) is 5.82 Å². The molecule has 0 radical (unpaired) electrons. The van der Waals surface area contributed by atoms with Crippen LogP contribution in [0.4, 0.5) is 4.39 Å². The Balaban J connectivity index is 1.89. The third kappa shape index (κ3) is 7.32. The van der Waals surface area contributed by atoms with Gasteiger partial charge in [0.05, 0.1) is 24.4 Å². The molecule has 198 valence electrons. The minimum Gasteiger partial charge on any atom is -0.391 e. The van der Waals surface area contributed by atoms with Crippen molar-refractivity contribution in [2.24, 2.45) is 0 Å². The highest BCUT2D eigenvalue weighted by molar-refractivity contribution is 5.98. The van der Waals surface area contributed by atoms with Crippen molar-refractivity contribution in [3.05, 3.63) is 64.7 Å². The second-order valence-corrected chi connectivity index (χ2v) is 9.24. The van der Waals surface area contributed by atoms with E-state index in [1.54, 1.807) is 25.1 Å². The first-order chi connectivity index (χ1) is 17.6. The van der Waals surface area contributed by atoms with Crippen molar-refractivity contribution < 1.29 is 28.7 Å². The van der Waals surface area contributed by atoms with E-state index in [1.165, 1.54) is 19.2 Å². The van der Waals surface area contributed by atoms with Crippen molar-refractivity contribution in [3.8, 4) is 0 Å². The molecule has 2 aromatic rings. The number of aliphatic hydroxyl groups excluding tert-OH is 1. The minimum absolute atomic E-state index is 0.125. The summed E-state index contributed by atoms with van der Waals surface area (Å²) in [5.41, 5.74) is 1.96. The summed E-state index contributed by atoms with van der Waals surface area (Å²) in [4.78, 5) is 56.4. The molecule has 4 N–H and O–H groups in total. The number of aryl methyl sites for hydroxylation is 2. The summed E-state index contributed by atoms with van der Waals surface area (Å²) in [5.74, 6) is -3.19. The fourth-order valence-electron chi connectivity index (χ4n) is 4.09. The number of fused-ring (bicyclic) bond motifs is 2. The Morgan fingerprint density at radius 3 is 2.68 bits per heavy atom. The molecule has 1 aromatic carbocycles. The lowest BCUT2D eigenvalue weighted by atomic mass is 10.00. The fourth-order valence-corrected chi connectivity index (χ4v) is 4.09. The number of halogens is 1. The maximum Gasteiger partial charge on any atom is 0.257 e. The smallest absolute Gasteiger partial charge is 0.257 e. The van der Waals surface area contributed by atoms with Crippen molar-refractivity contribution in [2.45, 2.75) is 51.8 Å². The summed E-state index contributed by atoms with van der Waals surface area (Å²) in [7, 11) is 0. The molecule has 10 nitrogen and oxygen atoms in total. The molecule has 0 saturated carbocycles. The number of benzene rings is 1. The average Bonchev–Trinajstić information content (AvgIpc) is 2.84. The Morgan fingerprint density at radius 1 is 1.22 bits per heavy atom. The first-order valence-electron chi connectivity index (χ1n) is 12.1. The Kier molecular flexibility index (Phi) is 9.29. The van der Waals surface area contributed by atoms with Gasteiger partial charge in [-0.25, -0.2) is 4.39 Å². The number of hydrogen-bond donors (Lipinski definition) is 4. The van der Waals surface area contributed by atoms with Crippen LogP contribution in [0.2, 0.25) is 0 Å². The third-order valence-corrected chi connectivity index (χ3v) is 6.12. The van der Waals surface area contributed by atoms with Gasteiger partial charge in [0.1, 0.15) is 6.04 Å². The molecule has 1 aliphatic heterocycles. The van der Waals surface area contributed by atoms with Crippen LogP contribution in [0.25, 0.3) is 0 Å². The number of aliphatic hydroxyl groups is 1. The molecule has 0 fully saturated rings. The molecule has 1 aliphatic rings. The van der Waals surface area contributed by atoms with Gasteiger partial charge in [0, 0.05) is 30.9 Å². The number of hydrogen-bond acceptors (Lipinski definition) is 6. The number of amides is 4. The predicted molar refractivity (Wildman–Crippen MR) is 133 cm³/mol. The third-order valence-electron chi connectivity index (χ3n) is 6.12. The summed E-state index contributed by atoms with van der Waals surface area (Å²) in [6.45, 7) is 4.74. The van der Waals surface area contributed by atoms with Crippen LogP contribution in [-0.2, 0) is 16.0 Å². The van der Waals surface area contributed by atoms with E-state index >= 15 is 0 Å². The number of nitrogens with zero attached hydrogens (tertiary/aromatic N) is 2. The molecule has 0 saturated heterocycles. The van der Waals surface area contributed by atoms with Crippen LogP contribution in [0.1, 0.15) is 52.1 Å². The molecular formula is C26H32FN5O5. The van der Waals surface area contributed by atoms with Gasteiger partial charge in [0.25, 0.3) is 11.8 Å². The molecule has 3 atom stereocenters. The van der Waals surface area contributed by atoms with E-state index in [4.69, 9.17) is 0 Å². The Hall–Kier alpha value is -3.86. The largest absolute Gasteiger partial charge is 0.391 e. The van der Waals surface area contributed by atoms with Crippen molar-refractivity contribution in [1.29, 1.82) is 0 Å². The molecular weight excluding hydrogens is 481 g/mol. The van der Waals surface area contributed by atoms with Crippen molar-refractivity contribution in [3.63, 3.8) is 0 Å². The number of carbonyl (C=O) groups is 4. The molecule has 1 aromatic heterocycles. The van der Waals surface area contributed by atoms with Gasteiger partial charge >= 0.3 is 0 Å². The molecule has 37 heavy (non-hydrogen) atoms. The van der Waals surface area contributed by atoms with Gasteiger partial charge in [-0.2, -0.15) is 0 Å². The first-order valence-corrected chi connectivity index (χ1v) is 12.1. The highest BCUT2D eigenvalue weighted by Gasteiger charge is 2.29. The minimum atomic E-state index is -1.26. The molecule has 4 amide bonds. The molecule has 11 heteroatoms. The summed E-state index contributed by atoms with van der Waals surface area (Å²) in [6.07, 6.45) is 2.13. The topological polar surface area (TPSA) is 141 Å². The number of nitrogens with one attached hydrogen (secondary N) is 3. The lowest BCUT2D eigenvalue weighted by Crippen LogP contribution is -2.56. The number of aromatic nitrogens is 1. The zero-order valence-electron chi connectivity index (χ0n) is 21.1. The molecule has 3 rings (SSSR count). The van der Waals surface area contributed by atoms with Gasteiger partial charge in [-0.1, -0.05) is 6.07 Å². The normalized spacial score (nSPS) is 20.8. The Morgan fingerprint density at radius 2 is 1.97 bits per heavy atom. The van der Waals surface area contributed by atoms with Crippen LogP contribution in [0.5, 0.6) is 0 Å². The molecule has 0 spiro atoms. The SMILES string of the molecule is Cc1ccc2cc1CCCNC(=O)CN(C(=O)c1ccncc1F)C[C@@H](C)NC(=O)[C@H]([C@@H](C)O)NC2=O. The number of rotatable bonds is 2. The summed E-state index contributed by atoms with van der Waals surface area (Å²) < 4.78 is 14.3. The lowest BCUT2D eigenvalue weighted by molar-refractivity contribution is -0.126. The summed E-state index contributed by atoms with van der Waals surface area (Å²) >= 11 is 0. The molecule has 0 unspecified atom stereocenters. The zero-order chi connectivity index (χ0) is 27.1. The van der Waals surface area contributed by atoms with E-state index in [-0.39, 0.29) is 18.7 Å². The highest BCUT2D eigenvalue weighted by atomic mass is 19.1. The molecule has 2 heterocycles. The van der Waals surface area contributed by atoms with Crippen molar-refractivity contribution in [1.82, 2.24) is 25.8 Å². The summed E-state index contributed by atoms with van der Waals surface area (Å²) in [5, 5.41) is 18.2. The van der Waals surface area contributed by atoms with Gasteiger partial charge in [-0.15, -0.1) is 0 Å². The van der Waals surface area contributed by atoms with Crippen LogP contribution < -0.4 is 16.0 Å². The van der Waals surface area contributed by atoms with Gasteiger partial charge < -0.3 is 26.0 Å². The molecule has 0 aliphatic carbocycles. The summed E-state index contributed by atoms with van der Waals surface area (Å²) in [6, 6.07) is 4.43. The number of carbonyl (C=O) groups excluding carboxylic acids is 4. The lowest BCUT2D eigenvalue weighted by Gasteiger charge is -2.28. The van der Waals surface area contributed by atoms with Gasteiger partial charge in [-0.05, 0) is 62.9 Å². The van der Waals surface area contributed by atoms with Crippen LogP contribution in [0, 0.1) is 12.7 Å². The van der Waals surface area contributed by atoms with Gasteiger partial charge in [-0.3, -0.25) is 24.2 Å². The van der Waals surface area contributed by atoms with Crippen molar-refractivity contribution in [2.75, 3.05) is 19.6 Å².